The monoisotopic (exact) mass is 400 g/mol. The molecule has 3 aromatic carbocycles. The van der Waals surface area contributed by atoms with Crippen molar-refractivity contribution < 1.29 is 13.9 Å². The molecule has 30 heavy (non-hydrogen) atoms. The molecule has 0 unspecified atom stereocenters. The SMILES string of the molecule is N#C/C(=C\c1ccc(OCc2ccc(F)cc2)cc1)C(=O)NCCc1ccccc1. The lowest BCUT2D eigenvalue weighted by atomic mass is 10.1. The molecule has 4 nitrogen and oxygen atoms in total. The number of hydrogen-bond acceptors (Lipinski definition) is 3. The van der Waals surface area contributed by atoms with Crippen molar-refractivity contribution in [2.75, 3.05) is 6.54 Å². The van der Waals surface area contributed by atoms with Crippen LogP contribution in [0.15, 0.2) is 84.4 Å². The van der Waals surface area contributed by atoms with Crippen molar-refractivity contribution in [2.24, 2.45) is 0 Å². The number of nitrogens with one attached hydrogen (secondary N) is 1. The third kappa shape index (κ3) is 6.32. The summed E-state index contributed by atoms with van der Waals surface area (Å²) in [4.78, 5) is 12.3. The Morgan fingerprint density at radius 1 is 0.967 bits per heavy atom. The number of nitriles is 1. The van der Waals surface area contributed by atoms with Gasteiger partial charge in [-0.2, -0.15) is 5.26 Å². The van der Waals surface area contributed by atoms with Crippen LogP contribution in [0, 0.1) is 17.1 Å². The number of hydrogen-bond donors (Lipinski definition) is 1. The van der Waals surface area contributed by atoms with Gasteiger partial charge >= 0.3 is 0 Å². The number of carbonyl (C=O) groups is 1. The lowest BCUT2D eigenvalue weighted by Crippen LogP contribution is -2.26. The summed E-state index contributed by atoms with van der Waals surface area (Å²) in [6.07, 6.45) is 2.24. The molecule has 0 atom stereocenters. The molecule has 0 spiro atoms. The smallest absolute Gasteiger partial charge is 0.261 e. The van der Waals surface area contributed by atoms with Crippen LogP contribution in [0.4, 0.5) is 4.39 Å². The van der Waals surface area contributed by atoms with Crippen molar-refractivity contribution >= 4 is 12.0 Å². The van der Waals surface area contributed by atoms with Crippen LogP contribution in [-0.4, -0.2) is 12.5 Å². The van der Waals surface area contributed by atoms with Gasteiger partial charge in [0.05, 0.1) is 0 Å². The molecule has 0 saturated carbocycles. The van der Waals surface area contributed by atoms with Crippen LogP contribution in [0.25, 0.3) is 6.08 Å². The summed E-state index contributed by atoms with van der Waals surface area (Å²) in [5.74, 6) is -0.0420. The number of halogens is 1. The summed E-state index contributed by atoms with van der Waals surface area (Å²) in [5.41, 5.74) is 2.75. The Kier molecular flexibility index (Phi) is 7.34. The van der Waals surface area contributed by atoms with Crippen molar-refractivity contribution in [3.05, 3.63) is 107 Å². The summed E-state index contributed by atoms with van der Waals surface area (Å²) >= 11 is 0. The largest absolute Gasteiger partial charge is 0.489 e. The van der Waals surface area contributed by atoms with E-state index in [4.69, 9.17) is 4.74 Å². The van der Waals surface area contributed by atoms with E-state index in [0.29, 0.717) is 25.3 Å². The van der Waals surface area contributed by atoms with Crippen molar-refractivity contribution in [3.63, 3.8) is 0 Å². The lowest BCUT2D eigenvalue weighted by molar-refractivity contribution is -0.117. The third-order valence-electron chi connectivity index (χ3n) is 4.42. The number of ether oxygens (including phenoxy) is 1. The molecule has 1 amide bonds. The molecule has 150 valence electrons. The van der Waals surface area contributed by atoms with Gasteiger partial charge in [-0.15, -0.1) is 0 Å². The standard InChI is InChI=1S/C25H21FN2O2/c26-23-10-6-21(7-11-23)18-30-24-12-8-20(9-13-24)16-22(17-27)25(29)28-15-14-19-4-2-1-3-5-19/h1-13,16H,14-15,18H2,(H,28,29)/b22-16+. The minimum Gasteiger partial charge on any atom is -0.489 e. The normalized spacial score (nSPS) is 10.9. The number of rotatable bonds is 8. The fourth-order valence-electron chi connectivity index (χ4n) is 2.78. The fourth-order valence-corrected chi connectivity index (χ4v) is 2.78. The molecule has 3 aromatic rings. The van der Waals surface area contributed by atoms with Crippen LogP contribution in [0.3, 0.4) is 0 Å². The molecule has 5 heteroatoms. The van der Waals surface area contributed by atoms with Gasteiger partial charge in [-0.3, -0.25) is 4.79 Å². The second kappa shape index (κ2) is 10.6. The van der Waals surface area contributed by atoms with Gasteiger partial charge in [-0.05, 0) is 53.5 Å². The van der Waals surface area contributed by atoms with Gasteiger partial charge in [0.1, 0.15) is 29.8 Å². The summed E-state index contributed by atoms with van der Waals surface area (Å²) in [5, 5.41) is 12.1. The van der Waals surface area contributed by atoms with Crippen molar-refractivity contribution in [2.45, 2.75) is 13.0 Å². The predicted octanol–water partition coefficient (Wildman–Crippen LogP) is 4.67. The van der Waals surface area contributed by atoms with E-state index in [2.05, 4.69) is 5.32 Å². The molecule has 0 aromatic heterocycles. The Morgan fingerprint density at radius 2 is 1.67 bits per heavy atom. The molecule has 0 aliphatic rings. The Hall–Kier alpha value is -3.91. The average molecular weight is 400 g/mol. The van der Waals surface area contributed by atoms with Crippen molar-refractivity contribution in [1.29, 1.82) is 5.26 Å². The van der Waals surface area contributed by atoms with Crippen LogP contribution in [-0.2, 0) is 17.8 Å². The minimum absolute atomic E-state index is 0.0445. The highest BCUT2D eigenvalue weighted by Crippen LogP contribution is 2.16. The van der Waals surface area contributed by atoms with E-state index in [1.165, 1.54) is 12.1 Å². The predicted molar refractivity (Wildman–Crippen MR) is 114 cm³/mol. The van der Waals surface area contributed by atoms with Crippen molar-refractivity contribution in [3.8, 4) is 11.8 Å². The summed E-state index contributed by atoms with van der Waals surface area (Å²) in [6.45, 7) is 0.779. The molecule has 0 radical (unpaired) electrons. The Bertz CT molecular complexity index is 1040. The van der Waals surface area contributed by atoms with E-state index >= 15 is 0 Å². The average Bonchev–Trinajstić information content (AvgIpc) is 2.78. The molecule has 0 fully saturated rings. The Balaban J connectivity index is 1.53. The number of benzene rings is 3. The van der Waals surface area contributed by atoms with Gasteiger partial charge < -0.3 is 10.1 Å². The second-order valence-corrected chi connectivity index (χ2v) is 6.65. The van der Waals surface area contributed by atoms with E-state index < -0.39 is 5.91 Å². The molecule has 0 aliphatic carbocycles. The van der Waals surface area contributed by atoms with Crippen LogP contribution in [0.5, 0.6) is 5.75 Å². The molecule has 3 rings (SSSR count). The fraction of sp³-hybridized carbons (Fsp3) is 0.120. The van der Waals surface area contributed by atoms with Gasteiger partial charge in [-0.25, -0.2) is 4.39 Å². The first-order valence-electron chi connectivity index (χ1n) is 9.55. The quantitative estimate of drug-likeness (QED) is 0.441. The van der Waals surface area contributed by atoms with Gasteiger partial charge in [0.25, 0.3) is 5.91 Å². The molecule has 0 aliphatic heterocycles. The van der Waals surface area contributed by atoms with Gasteiger partial charge in [-0.1, -0.05) is 54.6 Å². The summed E-state index contributed by atoms with van der Waals surface area (Å²) in [7, 11) is 0. The van der Waals surface area contributed by atoms with Gasteiger partial charge in [0, 0.05) is 6.54 Å². The Labute approximate surface area is 175 Å². The van der Waals surface area contributed by atoms with Gasteiger partial charge in [0.15, 0.2) is 0 Å². The number of carbonyl (C=O) groups excluding carboxylic acids is 1. The van der Waals surface area contributed by atoms with E-state index in [0.717, 1.165) is 16.7 Å². The van der Waals surface area contributed by atoms with E-state index in [9.17, 15) is 14.4 Å². The maximum Gasteiger partial charge on any atom is 0.261 e. The molecule has 0 saturated heterocycles. The molecule has 1 N–H and O–H groups in total. The topological polar surface area (TPSA) is 62.1 Å². The first-order chi connectivity index (χ1) is 14.6. The number of amides is 1. The highest BCUT2D eigenvalue weighted by molar-refractivity contribution is 6.01. The summed E-state index contributed by atoms with van der Waals surface area (Å²) < 4.78 is 18.6. The van der Waals surface area contributed by atoms with E-state index in [-0.39, 0.29) is 11.4 Å². The van der Waals surface area contributed by atoms with Gasteiger partial charge in [0.2, 0.25) is 0 Å². The maximum absolute atomic E-state index is 12.9. The third-order valence-corrected chi connectivity index (χ3v) is 4.42. The lowest BCUT2D eigenvalue weighted by Gasteiger charge is -2.07. The maximum atomic E-state index is 12.9. The zero-order valence-corrected chi connectivity index (χ0v) is 16.3. The first kappa shape index (κ1) is 20.8. The highest BCUT2D eigenvalue weighted by atomic mass is 19.1. The zero-order chi connectivity index (χ0) is 21.2. The molecule has 0 bridgehead atoms. The van der Waals surface area contributed by atoms with E-state index in [1.807, 2.05) is 36.4 Å². The van der Waals surface area contributed by atoms with Crippen LogP contribution < -0.4 is 10.1 Å². The van der Waals surface area contributed by atoms with Crippen LogP contribution in [0.2, 0.25) is 0 Å². The van der Waals surface area contributed by atoms with Crippen LogP contribution in [0.1, 0.15) is 16.7 Å². The number of nitrogens with zero attached hydrogens (tertiary/aromatic N) is 1. The van der Waals surface area contributed by atoms with Crippen molar-refractivity contribution in [1.82, 2.24) is 5.32 Å². The zero-order valence-electron chi connectivity index (χ0n) is 16.3. The van der Waals surface area contributed by atoms with E-state index in [1.54, 1.807) is 42.5 Å². The molecule has 0 heterocycles. The molecular weight excluding hydrogens is 379 g/mol. The summed E-state index contributed by atoms with van der Waals surface area (Å²) in [6, 6.07) is 25.0. The van der Waals surface area contributed by atoms with Crippen LogP contribution >= 0.6 is 0 Å². The second-order valence-electron chi connectivity index (χ2n) is 6.65. The Morgan fingerprint density at radius 3 is 2.33 bits per heavy atom. The molecular formula is C25H21FN2O2. The first-order valence-corrected chi connectivity index (χ1v) is 9.55. The highest BCUT2D eigenvalue weighted by Gasteiger charge is 2.08. The minimum atomic E-state index is -0.398.